The fourth-order valence-electron chi connectivity index (χ4n) is 3.47. The zero-order chi connectivity index (χ0) is 21.3. The van der Waals surface area contributed by atoms with Gasteiger partial charge in [-0.25, -0.2) is 4.98 Å². The maximum atomic E-state index is 13.2. The van der Waals surface area contributed by atoms with Gasteiger partial charge in [-0.1, -0.05) is 36.1 Å². The van der Waals surface area contributed by atoms with E-state index in [9.17, 15) is 9.59 Å². The fraction of sp³-hybridized carbons (Fsp3) is 0.333. The highest BCUT2D eigenvalue weighted by Crippen LogP contribution is 2.34. The maximum absolute atomic E-state index is 13.2. The Hall–Kier alpha value is -2.49. The Morgan fingerprint density at radius 1 is 1.43 bits per heavy atom. The third-order valence-corrected chi connectivity index (χ3v) is 6.36. The second kappa shape index (κ2) is 8.71. The molecule has 0 saturated carbocycles. The van der Waals surface area contributed by atoms with E-state index in [-0.39, 0.29) is 17.6 Å². The number of ether oxygens (including phenoxy) is 1. The third-order valence-electron chi connectivity index (χ3n) is 4.98. The molecule has 1 unspecified atom stereocenters. The number of pyridine rings is 1. The van der Waals surface area contributed by atoms with E-state index in [1.165, 1.54) is 16.2 Å². The number of nitrogens with one attached hydrogen (secondary N) is 1. The summed E-state index contributed by atoms with van der Waals surface area (Å²) in [6.07, 6.45) is 6.93. The zero-order valence-electron chi connectivity index (χ0n) is 16.6. The molecule has 2 saturated heterocycles. The Morgan fingerprint density at radius 2 is 2.27 bits per heavy atom. The van der Waals surface area contributed by atoms with Gasteiger partial charge in [-0.3, -0.25) is 18.9 Å². The number of carbonyl (C=O) groups is 1. The van der Waals surface area contributed by atoms with Gasteiger partial charge in [-0.15, -0.1) is 6.58 Å². The van der Waals surface area contributed by atoms with Gasteiger partial charge in [0.05, 0.1) is 23.1 Å². The maximum Gasteiger partial charge on any atom is 0.267 e. The van der Waals surface area contributed by atoms with Crippen LogP contribution < -0.4 is 10.9 Å². The molecule has 0 bridgehead atoms. The van der Waals surface area contributed by atoms with Crippen LogP contribution in [0, 0.1) is 6.92 Å². The molecule has 0 spiro atoms. The van der Waals surface area contributed by atoms with E-state index in [4.69, 9.17) is 17.0 Å². The molecule has 4 heterocycles. The minimum Gasteiger partial charge on any atom is -0.376 e. The Labute approximate surface area is 183 Å². The zero-order valence-corrected chi connectivity index (χ0v) is 18.2. The van der Waals surface area contributed by atoms with E-state index in [0.717, 1.165) is 18.4 Å². The van der Waals surface area contributed by atoms with Crippen molar-refractivity contribution in [2.75, 3.05) is 25.0 Å². The lowest BCUT2D eigenvalue weighted by molar-refractivity contribution is -0.123. The molecule has 2 aromatic rings. The number of thiocarbonyl (C=S) groups is 1. The summed E-state index contributed by atoms with van der Waals surface area (Å²) in [5.74, 6) is 0.206. The summed E-state index contributed by atoms with van der Waals surface area (Å²) in [7, 11) is 0. The normalized spacial score (nSPS) is 20.5. The van der Waals surface area contributed by atoms with Crippen molar-refractivity contribution in [3.05, 3.63) is 57.4 Å². The van der Waals surface area contributed by atoms with E-state index >= 15 is 0 Å². The van der Waals surface area contributed by atoms with Crippen molar-refractivity contribution in [3.63, 3.8) is 0 Å². The van der Waals surface area contributed by atoms with Gasteiger partial charge < -0.3 is 10.1 Å². The van der Waals surface area contributed by atoms with Crippen molar-refractivity contribution < 1.29 is 9.53 Å². The standard InChI is InChI=1S/C21H22N4O3S2/c1-3-8-22-18-15(19(26)24-11-13(2)6-7-17(24)23-18)10-16-20(27)25(21(29)30-16)12-14-5-4-9-28-14/h3,6-7,10-11,14,22H,1,4-5,8-9,12H2,2H3/b16-10+. The minimum atomic E-state index is -0.250. The molecular formula is C21H22N4O3S2. The molecule has 7 nitrogen and oxygen atoms in total. The van der Waals surface area contributed by atoms with Gasteiger partial charge in [0.1, 0.15) is 15.8 Å². The van der Waals surface area contributed by atoms with E-state index in [1.807, 2.05) is 13.0 Å². The predicted molar refractivity (Wildman–Crippen MR) is 124 cm³/mol. The lowest BCUT2D eigenvalue weighted by Crippen LogP contribution is -2.35. The Morgan fingerprint density at radius 3 is 3.00 bits per heavy atom. The average molecular weight is 443 g/mol. The van der Waals surface area contributed by atoms with Crippen LogP contribution in [0.4, 0.5) is 5.82 Å². The average Bonchev–Trinajstić information content (AvgIpc) is 3.33. The Kier molecular flexibility index (Phi) is 6.03. The first-order valence-electron chi connectivity index (χ1n) is 9.72. The van der Waals surface area contributed by atoms with E-state index in [2.05, 4.69) is 16.9 Å². The quantitative estimate of drug-likeness (QED) is 0.419. The number of amides is 1. The highest BCUT2D eigenvalue weighted by Gasteiger charge is 2.35. The Bertz CT molecular complexity index is 1120. The van der Waals surface area contributed by atoms with Crippen LogP contribution in [0.5, 0.6) is 0 Å². The molecule has 1 amide bonds. The highest BCUT2D eigenvalue weighted by atomic mass is 32.2. The summed E-state index contributed by atoms with van der Waals surface area (Å²) < 4.78 is 7.61. The first-order chi connectivity index (χ1) is 14.5. The first-order valence-corrected chi connectivity index (χ1v) is 10.9. The first kappa shape index (κ1) is 20.8. The molecule has 2 fully saturated rings. The number of hydrogen-bond donors (Lipinski definition) is 1. The summed E-state index contributed by atoms with van der Waals surface area (Å²) in [4.78, 5) is 32.8. The summed E-state index contributed by atoms with van der Waals surface area (Å²) >= 11 is 6.62. The molecule has 0 aromatic carbocycles. The van der Waals surface area contributed by atoms with Crippen molar-refractivity contribution in [2.45, 2.75) is 25.9 Å². The Balaban J connectivity index is 1.74. The van der Waals surface area contributed by atoms with Crippen LogP contribution in [0.25, 0.3) is 11.7 Å². The molecule has 1 atom stereocenters. The summed E-state index contributed by atoms with van der Waals surface area (Å²) in [5, 5.41) is 3.11. The molecule has 2 aliphatic heterocycles. The highest BCUT2D eigenvalue weighted by molar-refractivity contribution is 8.26. The topological polar surface area (TPSA) is 75.9 Å². The van der Waals surface area contributed by atoms with E-state index in [1.54, 1.807) is 29.3 Å². The fourth-order valence-corrected chi connectivity index (χ4v) is 4.73. The van der Waals surface area contributed by atoms with Crippen LogP contribution in [0.2, 0.25) is 0 Å². The molecule has 0 radical (unpaired) electrons. The largest absolute Gasteiger partial charge is 0.376 e. The molecule has 2 aliphatic rings. The van der Waals surface area contributed by atoms with Crippen molar-refractivity contribution >= 4 is 51.7 Å². The number of aryl methyl sites for hydroxylation is 1. The molecule has 30 heavy (non-hydrogen) atoms. The van der Waals surface area contributed by atoms with Crippen molar-refractivity contribution in [3.8, 4) is 0 Å². The molecule has 1 N–H and O–H groups in total. The SMILES string of the molecule is C=CCNc1nc2ccc(C)cn2c(=O)c1/C=C1/SC(=S)N(CC2CCCO2)C1=O. The van der Waals surface area contributed by atoms with Crippen LogP contribution in [0.15, 0.2) is 40.7 Å². The molecule has 2 aromatic heterocycles. The second-order valence-electron chi connectivity index (χ2n) is 7.21. The number of rotatable bonds is 6. The summed E-state index contributed by atoms with van der Waals surface area (Å²) in [6, 6.07) is 3.69. The molecule has 0 aliphatic carbocycles. The van der Waals surface area contributed by atoms with Gasteiger partial charge >= 0.3 is 0 Å². The van der Waals surface area contributed by atoms with Crippen molar-refractivity contribution in [2.24, 2.45) is 0 Å². The number of nitrogens with zero attached hydrogens (tertiary/aromatic N) is 3. The second-order valence-corrected chi connectivity index (χ2v) is 8.89. The predicted octanol–water partition coefficient (Wildman–Crippen LogP) is 2.98. The van der Waals surface area contributed by atoms with Gasteiger partial charge in [0.25, 0.3) is 11.5 Å². The van der Waals surface area contributed by atoms with Gasteiger partial charge in [0.15, 0.2) is 0 Å². The van der Waals surface area contributed by atoms with Crippen molar-refractivity contribution in [1.82, 2.24) is 14.3 Å². The molecule has 4 rings (SSSR count). The molecule has 9 heteroatoms. The number of fused-ring (bicyclic) bond motifs is 1. The van der Waals surface area contributed by atoms with Crippen molar-refractivity contribution in [1.29, 1.82) is 0 Å². The number of thioether (sulfide) groups is 1. The lowest BCUT2D eigenvalue weighted by Gasteiger charge is -2.18. The smallest absolute Gasteiger partial charge is 0.267 e. The summed E-state index contributed by atoms with van der Waals surface area (Å²) in [5.41, 5.74) is 1.53. The minimum absolute atomic E-state index is 0.00704. The molecule has 156 valence electrons. The van der Waals surface area contributed by atoms with E-state index < -0.39 is 0 Å². The van der Waals surface area contributed by atoms with Crippen LogP contribution in [-0.2, 0) is 9.53 Å². The number of hydrogen-bond acceptors (Lipinski definition) is 7. The van der Waals surface area contributed by atoms with Gasteiger partial charge in [-0.2, -0.15) is 0 Å². The number of anilines is 1. The van der Waals surface area contributed by atoms with Crippen LogP contribution in [-0.4, -0.2) is 50.3 Å². The lowest BCUT2D eigenvalue weighted by atomic mass is 10.2. The third kappa shape index (κ3) is 4.05. The van der Waals surface area contributed by atoms with Gasteiger partial charge in [0.2, 0.25) is 0 Å². The van der Waals surface area contributed by atoms with Crippen LogP contribution in [0.1, 0.15) is 24.0 Å². The monoisotopic (exact) mass is 442 g/mol. The number of aromatic nitrogens is 2. The number of carbonyl (C=O) groups excluding carboxylic acids is 1. The van der Waals surface area contributed by atoms with Gasteiger partial charge in [0, 0.05) is 19.3 Å². The van der Waals surface area contributed by atoms with Gasteiger partial charge in [-0.05, 0) is 37.5 Å². The van der Waals surface area contributed by atoms with Crippen LogP contribution >= 0.6 is 24.0 Å². The summed E-state index contributed by atoms with van der Waals surface area (Å²) in [6.45, 7) is 7.21. The molecular weight excluding hydrogens is 420 g/mol. The van der Waals surface area contributed by atoms with Crippen LogP contribution in [0.3, 0.4) is 0 Å². The van der Waals surface area contributed by atoms with E-state index in [0.29, 0.717) is 46.0 Å².